The Bertz CT molecular complexity index is 482. The number of sulfone groups is 1. The SMILES string of the molecule is CN=C(NCC1CCCN(C(C)C)C1)NC(C)CCS(C)(=O)=O.I. The van der Waals surface area contributed by atoms with Gasteiger partial charge in [0.05, 0.1) is 5.75 Å². The van der Waals surface area contributed by atoms with Gasteiger partial charge >= 0.3 is 0 Å². The van der Waals surface area contributed by atoms with E-state index in [0.29, 0.717) is 18.4 Å². The predicted molar refractivity (Wildman–Crippen MR) is 113 cm³/mol. The zero-order valence-corrected chi connectivity index (χ0v) is 18.9. The lowest BCUT2D eigenvalue weighted by atomic mass is 9.97. The lowest BCUT2D eigenvalue weighted by Crippen LogP contribution is -2.47. The normalized spacial score (nSPS) is 21.2. The molecule has 0 aromatic heterocycles. The number of halogens is 1. The van der Waals surface area contributed by atoms with Gasteiger partial charge in [0.25, 0.3) is 0 Å². The molecule has 1 aliphatic heterocycles. The predicted octanol–water partition coefficient (Wildman–Crippen LogP) is 1.71. The second kappa shape index (κ2) is 11.5. The molecule has 0 aromatic rings. The Morgan fingerprint density at radius 2 is 2.00 bits per heavy atom. The molecule has 1 rings (SSSR count). The summed E-state index contributed by atoms with van der Waals surface area (Å²) >= 11 is 0. The average Bonchev–Trinajstić information content (AvgIpc) is 2.49. The third kappa shape index (κ3) is 10.0. The summed E-state index contributed by atoms with van der Waals surface area (Å²) in [5.41, 5.74) is 0. The third-order valence-corrected chi connectivity index (χ3v) is 5.34. The quantitative estimate of drug-likeness (QED) is 0.334. The van der Waals surface area contributed by atoms with Gasteiger partial charge in [0.15, 0.2) is 5.96 Å². The van der Waals surface area contributed by atoms with E-state index in [4.69, 9.17) is 0 Å². The van der Waals surface area contributed by atoms with Gasteiger partial charge in [-0.1, -0.05) is 0 Å². The van der Waals surface area contributed by atoms with Crippen LogP contribution in [0.25, 0.3) is 0 Å². The van der Waals surface area contributed by atoms with Gasteiger partial charge in [-0.2, -0.15) is 0 Å². The third-order valence-electron chi connectivity index (χ3n) is 4.37. The second-order valence-electron chi connectivity index (χ2n) is 7.01. The molecular weight excluding hydrogens is 439 g/mol. The fraction of sp³-hybridized carbons (Fsp3) is 0.938. The molecule has 2 atom stereocenters. The first-order valence-electron chi connectivity index (χ1n) is 8.60. The first-order chi connectivity index (χ1) is 10.7. The zero-order valence-electron chi connectivity index (χ0n) is 15.7. The molecular formula is C16H35IN4O2S. The minimum Gasteiger partial charge on any atom is -0.356 e. The number of nitrogens with one attached hydrogen (secondary N) is 2. The molecule has 0 saturated carbocycles. The van der Waals surface area contributed by atoms with Crippen LogP contribution in [0.3, 0.4) is 0 Å². The van der Waals surface area contributed by atoms with E-state index < -0.39 is 9.84 Å². The highest BCUT2D eigenvalue weighted by atomic mass is 127. The van der Waals surface area contributed by atoms with E-state index in [1.807, 2.05) is 6.92 Å². The van der Waals surface area contributed by atoms with E-state index in [1.54, 1.807) is 7.05 Å². The van der Waals surface area contributed by atoms with Gasteiger partial charge < -0.3 is 15.5 Å². The smallest absolute Gasteiger partial charge is 0.191 e. The van der Waals surface area contributed by atoms with Crippen molar-refractivity contribution in [3.05, 3.63) is 0 Å². The standard InChI is InChI=1S/C16H34N4O2S.HI/c1-13(2)20-9-6-7-15(12-20)11-18-16(17-4)19-14(3)8-10-23(5,21)22;/h13-15H,6-12H2,1-5H3,(H2,17,18,19);1H. The largest absolute Gasteiger partial charge is 0.356 e. The number of nitrogens with zero attached hydrogens (tertiary/aromatic N) is 2. The van der Waals surface area contributed by atoms with Crippen molar-refractivity contribution in [2.24, 2.45) is 10.9 Å². The van der Waals surface area contributed by atoms with Crippen LogP contribution in [0.5, 0.6) is 0 Å². The first-order valence-corrected chi connectivity index (χ1v) is 10.7. The van der Waals surface area contributed by atoms with Crippen molar-refractivity contribution in [3.63, 3.8) is 0 Å². The molecule has 2 N–H and O–H groups in total. The van der Waals surface area contributed by atoms with E-state index in [1.165, 1.54) is 25.6 Å². The minimum atomic E-state index is -2.91. The van der Waals surface area contributed by atoms with Gasteiger partial charge in [0, 0.05) is 38.5 Å². The highest BCUT2D eigenvalue weighted by molar-refractivity contribution is 14.0. The number of guanidine groups is 1. The fourth-order valence-electron chi connectivity index (χ4n) is 2.86. The Hall–Kier alpha value is -0.0900. The molecule has 0 aliphatic carbocycles. The van der Waals surface area contributed by atoms with E-state index in [-0.39, 0.29) is 35.8 Å². The summed E-state index contributed by atoms with van der Waals surface area (Å²) in [5, 5.41) is 6.66. The van der Waals surface area contributed by atoms with Crippen LogP contribution in [0.4, 0.5) is 0 Å². The summed E-state index contributed by atoms with van der Waals surface area (Å²) in [6.45, 7) is 9.72. The number of hydrogen-bond donors (Lipinski definition) is 2. The van der Waals surface area contributed by atoms with Crippen LogP contribution in [0, 0.1) is 5.92 Å². The lowest BCUT2D eigenvalue weighted by molar-refractivity contribution is 0.141. The number of hydrogen-bond acceptors (Lipinski definition) is 4. The Labute approximate surface area is 165 Å². The van der Waals surface area contributed by atoms with Gasteiger partial charge in [-0.3, -0.25) is 4.99 Å². The summed E-state index contributed by atoms with van der Waals surface area (Å²) in [4.78, 5) is 6.77. The summed E-state index contributed by atoms with van der Waals surface area (Å²) < 4.78 is 22.5. The monoisotopic (exact) mass is 474 g/mol. The maximum absolute atomic E-state index is 11.2. The van der Waals surface area contributed by atoms with E-state index in [9.17, 15) is 8.42 Å². The van der Waals surface area contributed by atoms with E-state index in [0.717, 1.165) is 19.0 Å². The fourth-order valence-corrected chi connectivity index (χ4v) is 3.65. The maximum atomic E-state index is 11.2. The molecule has 8 heteroatoms. The Kier molecular flexibility index (Phi) is 11.5. The van der Waals surface area contributed by atoms with Crippen molar-refractivity contribution in [2.75, 3.05) is 38.7 Å². The first kappa shape index (κ1) is 23.9. The van der Waals surface area contributed by atoms with Crippen LogP contribution in [0.2, 0.25) is 0 Å². The molecule has 2 unspecified atom stereocenters. The van der Waals surface area contributed by atoms with Crippen LogP contribution in [0.1, 0.15) is 40.0 Å². The van der Waals surface area contributed by atoms with Crippen LogP contribution < -0.4 is 10.6 Å². The van der Waals surface area contributed by atoms with Gasteiger partial charge in [-0.25, -0.2) is 8.42 Å². The molecule has 0 bridgehead atoms. The van der Waals surface area contributed by atoms with Crippen molar-refractivity contribution >= 4 is 39.8 Å². The molecule has 0 spiro atoms. The summed E-state index contributed by atoms with van der Waals surface area (Å²) in [5.74, 6) is 1.59. The van der Waals surface area contributed by atoms with Crippen LogP contribution >= 0.6 is 24.0 Å². The highest BCUT2D eigenvalue weighted by Crippen LogP contribution is 2.17. The number of likely N-dealkylation sites (tertiary alicyclic amines) is 1. The van der Waals surface area contributed by atoms with E-state index in [2.05, 4.69) is 34.4 Å². The van der Waals surface area contributed by atoms with Crippen molar-refractivity contribution in [1.82, 2.24) is 15.5 Å². The molecule has 1 heterocycles. The van der Waals surface area contributed by atoms with Crippen molar-refractivity contribution < 1.29 is 8.42 Å². The molecule has 1 fully saturated rings. The molecule has 24 heavy (non-hydrogen) atoms. The van der Waals surface area contributed by atoms with Gasteiger partial charge in [-0.05, 0) is 52.5 Å². The van der Waals surface area contributed by atoms with Gasteiger partial charge in [0.2, 0.25) is 0 Å². The average molecular weight is 474 g/mol. The highest BCUT2D eigenvalue weighted by Gasteiger charge is 2.21. The summed E-state index contributed by atoms with van der Waals surface area (Å²) in [6.07, 6.45) is 4.36. The van der Waals surface area contributed by atoms with Gasteiger partial charge in [-0.15, -0.1) is 24.0 Å². The Morgan fingerprint density at radius 1 is 1.33 bits per heavy atom. The van der Waals surface area contributed by atoms with Crippen LogP contribution in [-0.4, -0.2) is 70.1 Å². The van der Waals surface area contributed by atoms with Crippen molar-refractivity contribution in [3.8, 4) is 0 Å². The van der Waals surface area contributed by atoms with Crippen LogP contribution in [-0.2, 0) is 9.84 Å². The molecule has 0 aromatic carbocycles. The summed E-state index contributed by atoms with van der Waals surface area (Å²) in [6, 6.07) is 0.681. The summed E-state index contributed by atoms with van der Waals surface area (Å²) in [7, 11) is -1.16. The second-order valence-corrected chi connectivity index (χ2v) is 9.27. The molecule has 1 saturated heterocycles. The minimum absolute atomic E-state index is 0. The number of rotatable bonds is 7. The van der Waals surface area contributed by atoms with E-state index >= 15 is 0 Å². The molecule has 1 aliphatic rings. The topological polar surface area (TPSA) is 73.8 Å². The molecule has 6 nitrogen and oxygen atoms in total. The zero-order chi connectivity index (χ0) is 17.5. The lowest BCUT2D eigenvalue weighted by Gasteiger charge is -2.35. The molecule has 144 valence electrons. The van der Waals surface area contributed by atoms with Crippen molar-refractivity contribution in [2.45, 2.75) is 52.1 Å². The number of piperidine rings is 1. The Morgan fingerprint density at radius 3 is 2.54 bits per heavy atom. The van der Waals surface area contributed by atoms with Crippen LogP contribution in [0.15, 0.2) is 4.99 Å². The maximum Gasteiger partial charge on any atom is 0.191 e. The van der Waals surface area contributed by atoms with Gasteiger partial charge in [0.1, 0.15) is 9.84 Å². The molecule has 0 radical (unpaired) electrons. The number of aliphatic imine (C=N–C) groups is 1. The molecule has 0 amide bonds. The Balaban J connectivity index is 0.00000529. The van der Waals surface area contributed by atoms with Crippen molar-refractivity contribution in [1.29, 1.82) is 0 Å².